The highest BCUT2D eigenvalue weighted by atomic mass is 35.5. The molecule has 1 unspecified atom stereocenters. The van der Waals surface area contributed by atoms with E-state index in [0.29, 0.717) is 35.4 Å². The van der Waals surface area contributed by atoms with Crippen molar-refractivity contribution in [3.63, 3.8) is 0 Å². The van der Waals surface area contributed by atoms with Crippen LogP contribution in [0, 0.1) is 12.8 Å². The summed E-state index contributed by atoms with van der Waals surface area (Å²) in [6.07, 6.45) is 1.22. The van der Waals surface area contributed by atoms with E-state index in [9.17, 15) is 4.79 Å². The number of halogens is 1. The Morgan fingerprint density at radius 3 is 2.52 bits per heavy atom. The van der Waals surface area contributed by atoms with Crippen LogP contribution in [0.15, 0.2) is 42.5 Å². The minimum Gasteiger partial charge on any atom is -0.494 e. The fourth-order valence-electron chi connectivity index (χ4n) is 3.65. The number of aromatic nitrogens is 2. The molecule has 2 N–H and O–H groups in total. The van der Waals surface area contributed by atoms with Gasteiger partial charge < -0.3 is 15.4 Å². The van der Waals surface area contributed by atoms with Crippen LogP contribution >= 0.6 is 11.6 Å². The van der Waals surface area contributed by atoms with E-state index in [0.717, 1.165) is 34.8 Å². The predicted molar refractivity (Wildman–Crippen MR) is 124 cm³/mol. The van der Waals surface area contributed by atoms with Crippen molar-refractivity contribution in [1.82, 2.24) is 9.97 Å². The van der Waals surface area contributed by atoms with Gasteiger partial charge >= 0.3 is 0 Å². The molecule has 1 aliphatic carbocycles. The molecule has 160 valence electrons. The highest BCUT2D eigenvalue weighted by Gasteiger charge is 2.28. The second-order valence-corrected chi connectivity index (χ2v) is 8.23. The first-order chi connectivity index (χ1) is 14.9. The first-order valence-corrected chi connectivity index (χ1v) is 10.8. The van der Waals surface area contributed by atoms with Gasteiger partial charge in [0.05, 0.1) is 17.9 Å². The van der Waals surface area contributed by atoms with Crippen molar-refractivity contribution in [2.75, 3.05) is 17.2 Å². The zero-order valence-electron chi connectivity index (χ0n) is 17.8. The van der Waals surface area contributed by atoms with Crippen LogP contribution in [0.1, 0.15) is 41.9 Å². The Morgan fingerprint density at radius 1 is 1.06 bits per heavy atom. The molecule has 1 atom stereocenters. The molecular formula is C24H25ClN4O2. The van der Waals surface area contributed by atoms with Gasteiger partial charge in [-0.05, 0) is 68.1 Å². The van der Waals surface area contributed by atoms with Crippen LogP contribution in [-0.4, -0.2) is 22.4 Å². The Bertz CT molecular complexity index is 1120. The molecule has 31 heavy (non-hydrogen) atoms. The lowest BCUT2D eigenvalue weighted by molar-refractivity contribution is 0.0953. The lowest BCUT2D eigenvalue weighted by Gasteiger charge is -2.23. The standard InChI is InChI=1S/C24H25ClN4O2/c1-4-31-18-9-7-16(8-10-18)27-24-28-20-11-14(2)12-21(30)22(20)23(29-24)26-17-6-5-15(3)19(25)13-17/h5-10,13-14H,4,11-12H2,1-3H3,(H2,26,27,28,29). The highest BCUT2D eigenvalue weighted by Crippen LogP contribution is 2.32. The molecule has 0 radical (unpaired) electrons. The number of anilines is 4. The van der Waals surface area contributed by atoms with Crippen molar-refractivity contribution in [2.45, 2.75) is 33.6 Å². The number of ketones is 1. The third-order valence-electron chi connectivity index (χ3n) is 5.19. The molecule has 0 spiro atoms. The van der Waals surface area contributed by atoms with E-state index in [1.165, 1.54) is 0 Å². The third kappa shape index (κ3) is 4.80. The van der Waals surface area contributed by atoms with Crippen molar-refractivity contribution in [3.05, 3.63) is 64.3 Å². The van der Waals surface area contributed by atoms with E-state index >= 15 is 0 Å². The molecule has 3 aromatic rings. The summed E-state index contributed by atoms with van der Waals surface area (Å²) >= 11 is 6.28. The summed E-state index contributed by atoms with van der Waals surface area (Å²) in [6.45, 7) is 6.58. The lowest BCUT2D eigenvalue weighted by Crippen LogP contribution is -2.22. The normalized spacial score (nSPS) is 15.4. The van der Waals surface area contributed by atoms with Crippen molar-refractivity contribution in [1.29, 1.82) is 0 Å². The third-order valence-corrected chi connectivity index (χ3v) is 5.60. The second-order valence-electron chi connectivity index (χ2n) is 7.83. The monoisotopic (exact) mass is 436 g/mol. The number of nitrogens with zero attached hydrogens (tertiary/aromatic N) is 2. The van der Waals surface area contributed by atoms with Crippen LogP contribution in [0.25, 0.3) is 0 Å². The van der Waals surface area contributed by atoms with E-state index < -0.39 is 0 Å². The summed E-state index contributed by atoms with van der Waals surface area (Å²) < 4.78 is 5.50. The molecule has 1 heterocycles. The Kier molecular flexibility index (Phi) is 6.09. The molecule has 6 nitrogen and oxygen atoms in total. The number of nitrogens with one attached hydrogen (secondary N) is 2. The summed E-state index contributed by atoms with van der Waals surface area (Å²) in [7, 11) is 0. The van der Waals surface area contributed by atoms with Gasteiger partial charge in [-0.3, -0.25) is 4.79 Å². The topological polar surface area (TPSA) is 76.1 Å². The maximum Gasteiger partial charge on any atom is 0.229 e. The smallest absolute Gasteiger partial charge is 0.229 e. The zero-order valence-corrected chi connectivity index (χ0v) is 18.6. The molecular weight excluding hydrogens is 412 g/mol. The Morgan fingerprint density at radius 2 is 1.81 bits per heavy atom. The van der Waals surface area contributed by atoms with Crippen molar-refractivity contribution < 1.29 is 9.53 Å². The number of rotatable bonds is 6. The maximum atomic E-state index is 12.8. The van der Waals surface area contributed by atoms with Crippen LogP contribution in [-0.2, 0) is 6.42 Å². The van der Waals surface area contributed by atoms with E-state index in [1.54, 1.807) is 0 Å². The van der Waals surface area contributed by atoms with Crippen molar-refractivity contribution >= 4 is 40.5 Å². The highest BCUT2D eigenvalue weighted by molar-refractivity contribution is 6.31. The first-order valence-electron chi connectivity index (χ1n) is 10.4. The fraction of sp³-hybridized carbons (Fsp3) is 0.292. The SMILES string of the molecule is CCOc1ccc(Nc2nc3c(c(Nc4ccc(C)c(Cl)c4)n2)C(=O)CC(C)C3)cc1. The van der Waals surface area contributed by atoms with Crippen LogP contribution in [0.2, 0.25) is 5.02 Å². The number of hydrogen-bond donors (Lipinski definition) is 2. The summed E-state index contributed by atoms with van der Waals surface area (Å²) in [5.41, 5.74) is 3.91. The predicted octanol–water partition coefficient (Wildman–Crippen LogP) is 6.09. The van der Waals surface area contributed by atoms with Crippen LogP contribution < -0.4 is 15.4 Å². The largest absolute Gasteiger partial charge is 0.494 e. The summed E-state index contributed by atoms with van der Waals surface area (Å²) in [4.78, 5) is 22.1. The summed E-state index contributed by atoms with van der Waals surface area (Å²) in [5, 5.41) is 7.18. The Balaban J connectivity index is 1.69. The average Bonchev–Trinajstić information content (AvgIpc) is 2.72. The van der Waals surface area contributed by atoms with Gasteiger partial charge in [0, 0.05) is 22.8 Å². The van der Waals surface area contributed by atoms with Gasteiger partial charge in [0.1, 0.15) is 11.6 Å². The second kappa shape index (κ2) is 8.94. The number of Topliss-reactive ketones (excluding diaryl/α,β-unsaturated/α-hetero) is 1. The lowest BCUT2D eigenvalue weighted by atomic mass is 9.87. The van der Waals surface area contributed by atoms with Gasteiger partial charge in [-0.2, -0.15) is 4.98 Å². The maximum absolute atomic E-state index is 12.8. The molecule has 0 amide bonds. The average molecular weight is 437 g/mol. The molecule has 4 rings (SSSR count). The van der Waals surface area contributed by atoms with Crippen molar-refractivity contribution in [2.24, 2.45) is 5.92 Å². The van der Waals surface area contributed by atoms with E-state index in [4.69, 9.17) is 16.3 Å². The number of ether oxygens (including phenoxy) is 1. The number of aryl methyl sites for hydroxylation is 1. The molecule has 0 fully saturated rings. The zero-order chi connectivity index (χ0) is 22.0. The van der Waals surface area contributed by atoms with Gasteiger partial charge in [-0.25, -0.2) is 4.98 Å². The molecule has 0 saturated heterocycles. The number of benzene rings is 2. The molecule has 1 aromatic heterocycles. The molecule has 2 aromatic carbocycles. The number of carbonyl (C=O) groups excluding carboxylic acids is 1. The van der Waals surface area contributed by atoms with Gasteiger partial charge in [-0.15, -0.1) is 0 Å². The first kappa shape index (κ1) is 21.1. The summed E-state index contributed by atoms with van der Waals surface area (Å²) in [6, 6.07) is 13.3. The van der Waals surface area contributed by atoms with Crippen LogP contribution in [0.4, 0.5) is 23.1 Å². The Labute approximate surface area is 187 Å². The van der Waals surface area contributed by atoms with E-state index in [-0.39, 0.29) is 11.7 Å². The molecule has 1 aliphatic rings. The number of carbonyl (C=O) groups is 1. The molecule has 0 aliphatic heterocycles. The quantitative estimate of drug-likeness (QED) is 0.487. The Hall–Kier alpha value is -3.12. The minimum atomic E-state index is 0.0575. The van der Waals surface area contributed by atoms with Crippen LogP contribution in [0.3, 0.4) is 0 Å². The van der Waals surface area contributed by atoms with E-state index in [2.05, 4.69) is 27.5 Å². The van der Waals surface area contributed by atoms with Gasteiger partial charge in [0.2, 0.25) is 5.95 Å². The van der Waals surface area contributed by atoms with Gasteiger partial charge in [0.15, 0.2) is 5.78 Å². The van der Waals surface area contributed by atoms with Gasteiger partial charge in [-0.1, -0.05) is 24.6 Å². The van der Waals surface area contributed by atoms with E-state index in [1.807, 2.05) is 56.3 Å². The van der Waals surface area contributed by atoms with Crippen LogP contribution in [0.5, 0.6) is 5.75 Å². The minimum absolute atomic E-state index is 0.0575. The fourth-order valence-corrected chi connectivity index (χ4v) is 3.83. The van der Waals surface area contributed by atoms with Crippen molar-refractivity contribution in [3.8, 4) is 5.75 Å². The molecule has 7 heteroatoms. The van der Waals surface area contributed by atoms with Gasteiger partial charge in [0.25, 0.3) is 0 Å². The molecule has 0 bridgehead atoms. The number of fused-ring (bicyclic) bond motifs is 1. The summed E-state index contributed by atoms with van der Waals surface area (Å²) in [5.74, 6) is 2.04. The molecule has 0 saturated carbocycles. The number of hydrogen-bond acceptors (Lipinski definition) is 6.